The highest BCUT2D eigenvalue weighted by Gasteiger charge is 2.39. The number of hydrogen-bond donors (Lipinski definition) is 1. The summed E-state index contributed by atoms with van der Waals surface area (Å²) >= 11 is 0. The highest BCUT2D eigenvalue weighted by atomic mass is 16.4. The summed E-state index contributed by atoms with van der Waals surface area (Å²) in [6.45, 7) is 2.70. The van der Waals surface area contributed by atoms with Gasteiger partial charge in [0.15, 0.2) is 0 Å². The van der Waals surface area contributed by atoms with Crippen molar-refractivity contribution in [2.75, 3.05) is 18.5 Å². The first-order valence-corrected chi connectivity index (χ1v) is 7.32. The summed E-state index contributed by atoms with van der Waals surface area (Å²) in [5.41, 5.74) is 0.712. The molecule has 20 heavy (non-hydrogen) atoms. The molecule has 1 aromatic heterocycles. The Morgan fingerprint density at radius 3 is 2.80 bits per heavy atom. The Balaban J connectivity index is 1.69. The second kappa shape index (κ2) is 5.04. The van der Waals surface area contributed by atoms with E-state index in [0.717, 1.165) is 24.3 Å². The number of aryl methyl sites for hydroxylation is 1. The molecule has 5 heteroatoms. The van der Waals surface area contributed by atoms with Crippen LogP contribution in [0.4, 0.5) is 5.95 Å². The van der Waals surface area contributed by atoms with Crippen LogP contribution in [0.5, 0.6) is 0 Å². The Morgan fingerprint density at radius 2 is 2.25 bits per heavy atom. The second-order valence-electron chi connectivity index (χ2n) is 6.29. The van der Waals surface area contributed by atoms with E-state index in [4.69, 9.17) is 5.11 Å². The Labute approximate surface area is 119 Å². The molecule has 2 aliphatic rings. The molecule has 1 aromatic rings. The molecule has 5 nitrogen and oxygen atoms in total. The number of aromatic carboxylic acids is 1. The summed E-state index contributed by atoms with van der Waals surface area (Å²) in [7, 11) is 2.00. The normalized spacial score (nSPS) is 27.8. The minimum atomic E-state index is -0.968. The average molecular weight is 275 g/mol. The van der Waals surface area contributed by atoms with Gasteiger partial charge in [-0.15, -0.1) is 0 Å². The van der Waals surface area contributed by atoms with Crippen molar-refractivity contribution in [2.45, 2.75) is 32.6 Å². The molecule has 3 atom stereocenters. The highest BCUT2D eigenvalue weighted by Crippen LogP contribution is 2.48. The largest absolute Gasteiger partial charge is 0.478 e. The maximum Gasteiger partial charge on any atom is 0.339 e. The molecule has 108 valence electrons. The number of carboxylic acid groups (broad SMARTS) is 1. The summed E-state index contributed by atoms with van der Waals surface area (Å²) in [5, 5.41) is 9.00. The zero-order valence-electron chi connectivity index (χ0n) is 12.0. The zero-order chi connectivity index (χ0) is 14.3. The van der Waals surface area contributed by atoms with Gasteiger partial charge in [0, 0.05) is 19.8 Å². The fraction of sp³-hybridized carbons (Fsp3) is 0.667. The van der Waals surface area contributed by atoms with Gasteiger partial charge in [-0.25, -0.2) is 14.8 Å². The third-order valence-electron chi connectivity index (χ3n) is 4.93. The molecule has 0 radical (unpaired) electrons. The summed E-state index contributed by atoms with van der Waals surface area (Å²) in [6.07, 6.45) is 6.93. The summed E-state index contributed by atoms with van der Waals surface area (Å²) < 4.78 is 0. The molecule has 0 saturated heterocycles. The smallest absolute Gasteiger partial charge is 0.339 e. The fourth-order valence-electron chi connectivity index (χ4n) is 3.88. The van der Waals surface area contributed by atoms with Crippen LogP contribution in [0.25, 0.3) is 0 Å². The Morgan fingerprint density at radius 1 is 1.45 bits per heavy atom. The van der Waals surface area contributed by atoms with Crippen molar-refractivity contribution in [2.24, 2.45) is 17.8 Å². The topological polar surface area (TPSA) is 66.3 Å². The van der Waals surface area contributed by atoms with Gasteiger partial charge in [0.1, 0.15) is 0 Å². The number of carbonyl (C=O) groups is 1. The molecule has 1 N–H and O–H groups in total. The van der Waals surface area contributed by atoms with E-state index in [-0.39, 0.29) is 5.56 Å². The first-order chi connectivity index (χ1) is 9.54. The lowest BCUT2D eigenvalue weighted by Crippen LogP contribution is -2.30. The molecule has 2 bridgehead atoms. The van der Waals surface area contributed by atoms with Gasteiger partial charge in [0.2, 0.25) is 5.95 Å². The predicted molar refractivity (Wildman–Crippen MR) is 75.9 cm³/mol. The molecule has 1 heterocycles. The molecule has 2 fully saturated rings. The van der Waals surface area contributed by atoms with Gasteiger partial charge in [0.05, 0.1) is 11.3 Å². The molecular weight excluding hydrogens is 254 g/mol. The molecule has 2 aliphatic carbocycles. The summed E-state index contributed by atoms with van der Waals surface area (Å²) in [5.74, 6) is 2.24. The van der Waals surface area contributed by atoms with Crippen LogP contribution in [0.1, 0.15) is 41.7 Å². The molecule has 2 saturated carbocycles. The first-order valence-electron chi connectivity index (χ1n) is 7.32. The maximum atomic E-state index is 11.0. The van der Waals surface area contributed by atoms with Gasteiger partial charge in [-0.2, -0.15) is 0 Å². The number of fused-ring (bicyclic) bond motifs is 2. The third kappa shape index (κ3) is 2.37. The Kier molecular flexibility index (Phi) is 3.36. The Hall–Kier alpha value is -1.65. The minimum Gasteiger partial charge on any atom is -0.478 e. The Bertz CT molecular complexity index is 532. The zero-order valence-corrected chi connectivity index (χ0v) is 12.0. The van der Waals surface area contributed by atoms with Crippen LogP contribution in [-0.2, 0) is 0 Å². The van der Waals surface area contributed by atoms with E-state index in [0.29, 0.717) is 11.6 Å². The second-order valence-corrected chi connectivity index (χ2v) is 6.29. The first kappa shape index (κ1) is 13.3. The molecule has 0 spiro atoms. The van der Waals surface area contributed by atoms with E-state index >= 15 is 0 Å². The monoisotopic (exact) mass is 275 g/mol. The van der Waals surface area contributed by atoms with Crippen LogP contribution in [0, 0.1) is 24.7 Å². The SMILES string of the molecule is Cc1nc(N(C)CC2CC3CCC2C3)ncc1C(=O)O. The van der Waals surface area contributed by atoms with E-state index in [1.165, 1.54) is 31.9 Å². The lowest BCUT2D eigenvalue weighted by atomic mass is 9.88. The van der Waals surface area contributed by atoms with Crippen LogP contribution in [0.3, 0.4) is 0 Å². The number of carboxylic acids is 1. The van der Waals surface area contributed by atoms with Crippen molar-refractivity contribution < 1.29 is 9.90 Å². The van der Waals surface area contributed by atoms with Gasteiger partial charge < -0.3 is 10.0 Å². The van der Waals surface area contributed by atoms with Crippen molar-refractivity contribution in [3.05, 3.63) is 17.5 Å². The van der Waals surface area contributed by atoms with Crippen LogP contribution in [0.2, 0.25) is 0 Å². The fourth-order valence-corrected chi connectivity index (χ4v) is 3.88. The molecule has 3 unspecified atom stereocenters. The lowest BCUT2D eigenvalue weighted by molar-refractivity contribution is 0.0695. The lowest BCUT2D eigenvalue weighted by Gasteiger charge is -2.27. The number of rotatable bonds is 4. The van der Waals surface area contributed by atoms with Crippen molar-refractivity contribution in [1.29, 1.82) is 0 Å². The van der Waals surface area contributed by atoms with E-state index in [2.05, 4.69) is 14.9 Å². The van der Waals surface area contributed by atoms with E-state index in [9.17, 15) is 4.79 Å². The van der Waals surface area contributed by atoms with Crippen LogP contribution in [0.15, 0.2) is 6.20 Å². The van der Waals surface area contributed by atoms with E-state index in [1.54, 1.807) is 6.92 Å². The van der Waals surface area contributed by atoms with Crippen LogP contribution < -0.4 is 4.90 Å². The van der Waals surface area contributed by atoms with E-state index in [1.807, 2.05) is 7.05 Å². The molecule has 3 rings (SSSR count). The molecule has 0 aromatic carbocycles. The minimum absolute atomic E-state index is 0.182. The average Bonchev–Trinajstić information content (AvgIpc) is 3.00. The van der Waals surface area contributed by atoms with E-state index < -0.39 is 5.97 Å². The van der Waals surface area contributed by atoms with Crippen LogP contribution >= 0.6 is 0 Å². The van der Waals surface area contributed by atoms with Gasteiger partial charge in [0.25, 0.3) is 0 Å². The predicted octanol–water partition coefficient (Wildman–Crippen LogP) is 2.36. The third-order valence-corrected chi connectivity index (χ3v) is 4.93. The highest BCUT2D eigenvalue weighted by molar-refractivity contribution is 5.88. The van der Waals surface area contributed by atoms with Crippen LogP contribution in [-0.4, -0.2) is 34.6 Å². The molecule has 0 aliphatic heterocycles. The number of nitrogens with zero attached hydrogens (tertiary/aromatic N) is 3. The van der Waals surface area contributed by atoms with Crippen molar-refractivity contribution in [3.8, 4) is 0 Å². The molecular formula is C15H21N3O2. The number of aromatic nitrogens is 2. The standard InChI is InChI=1S/C15H21N3O2/c1-9-13(14(19)20)7-16-15(17-9)18(2)8-12-6-10-3-4-11(12)5-10/h7,10-12H,3-6,8H2,1-2H3,(H,19,20). The number of hydrogen-bond acceptors (Lipinski definition) is 4. The summed E-state index contributed by atoms with van der Waals surface area (Å²) in [4.78, 5) is 21.6. The molecule has 0 amide bonds. The van der Waals surface area contributed by atoms with Crippen molar-refractivity contribution in [1.82, 2.24) is 9.97 Å². The summed E-state index contributed by atoms with van der Waals surface area (Å²) in [6, 6.07) is 0. The van der Waals surface area contributed by atoms with Gasteiger partial charge in [-0.3, -0.25) is 0 Å². The quantitative estimate of drug-likeness (QED) is 0.913. The van der Waals surface area contributed by atoms with Gasteiger partial charge in [-0.05, 0) is 43.9 Å². The van der Waals surface area contributed by atoms with Gasteiger partial charge in [-0.1, -0.05) is 6.42 Å². The number of anilines is 1. The van der Waals surface area contributed by atoms with Crippen molar-refractivity contribution in [3.63, 3.8) is 0 Å². The van der Waals surface area contributed by atoms with Gasteiger partial charge >= 0.3 is 5.97 Å². The maximum absolute atomic E-state index is 11.0. The van der Waals surface area contributed by atoms with Crippen molar-refractivity contribution >= 4 is 11.9 Å².